The van der Waals surface area contributed by atoms with Gasteiger partial charge in [-0.3, -0.25) is 10.2 Å². The highest BCUT2D eigenvalue weighted by Crippen LogP contribution is 2.25. The van der Waals surface area contributed by atoms with Gasteiger partial charge in [-0.25, -0.2) is 15.2 Å². The first kappa shape index (κ1) is 17.8. The molecular formula is C14H19ClN4O3. The van der Waals surface area contributed by atoms with Crippen molar-refractivity contribution in [2.24, 2.45) is 10.7 Å². The van der Waals surface area contributed by atoms with Gasteiger partial charge >= 0.3 is 6.09 Å². The summed E-state index contributed by atoms with van der Waals surface area (Å²) in [7, 11) is 0. The van der Waals surface area contributed by atoms with Crippen molar-refractivity contribution in [3.8, 4) is 0 Å². The highest BCUT2D eigenvalue weighted by molar-refractivity contribution is 6.28. The number of nitrogens with zero attached hydrogens (tertiary/aromatic N) is 1. The molecule has 0 aliphatic rings. The molecule has 1 aromatic carbocycles. The maximum Gasteiger partial charge on any atom is 0.426 e. The van der Waals surface area contributed by atoms with Gasteiger partial charge in [0.1, 0.15) is 5.84 Å². The molecule has 0 saturated carbocycles. The van der Waals surface area contributed by atoms with Crippen LogP contribution < -0.4 is 16.6 Å². The minimum absolute atomic E-state index is 0.0507. The molecule has 0 atom stereocenters. The van der Waals surface area contributed by atoms with E-state index in [2.05, 4.69) is 20.6 Å². The van der Waals surface area contributed by atoms with Crippen molar-refractivity contribution >= 4 is 35.1 Å². The van der Waals surface area contributed by atoms with Crippen LogP contribution >= 0.6 is 11.6 Å². The molecule has 4 N–H and O–H groups in total. The van der Waals surface area contributed by atoms with Crippen molar-refractivity contribution in [3.05, 3.63) is 28.8 Å². The fourth-order valence-electron chi connectivity index (χ4n) is 1.85. The average molecular weight is 327 g/mol. The number of aryl methyl sites for hydroxylation is 2. The molecular weight excluding hydrogens is 308 g/mol. The maximum atomic E-state index is 12.3. The lowest BCUT2D eigenvalue weighted by atomic mass is 10.0. The third-order valence-corrected chi connectivity index (χ3v) is 2.91. The van der Waals surface area contributed by atoms with E-state index < -0.39 is 12.0 Å². The van der Waals surface area contributed by atoms with E-state index in [1.54, 1.807) is 19.9 Å². The lowest BCUT2D eigenvalue weighted by molar-refractivity contribution is 0.0913. The molecule has 1 rings (SSSR count). The number of rotatable bonds is 4. The van der Waals surface area contributed by atoms with Crippen LogP contribution in [0.4, 0.5) is 10.5 Å². The maximum absolute atomic E-state index is 12.3. The number of nitrogens with one attached hydrogen (secondary N) is 2. The zero-order chi connectivity index (χ0) is 16.7. The molecule has 0 radical (unpaired) electrons. The van der Waals surface area contributed by atoms with Crippen LogP contribution in [-0.4, -0.2) is 30.3 Å². The highest BCUT2D eigenvalue weighted by Gasteiger charge is 2.16. The first-order valence-corrected chi connectivity index (χ1v) is 7.15. The quantitative estimate of drug-likeness (QED) is 0.340. The van der Waals surface area contributed by atoms with E-state index in [4.69, 9.17) is 17.3 Å². The van der Waals surface area contributed by atoms with Crippen molar-refractivity contribution in [2.45, 2.75) is 20.8 Å². The van der Waals surface area contributed by atoms with Crippen LogP contribution in [0.2, 0.25) is 0 Å². The monoisotopic (exact) mass is 326 g/mol. The standard InChI is InChI=1S/C14H19ClN4O3/c1-4-22-14(21)19-18-13(20)12-9(3)5-8(2)6-10(12)17-11(16)7-15/h5-6H,4,7H2,1-3H3,(H2,16,17)(H,18,20)(H,19,21). The smallest absolute Gasteiger partial charge is 0.426 e. The molecule has 1 aromatic rings. The van der Waals surface area contributed by atoms with Gasteiger partial charge in [0.05, 0.1) is 23.7 Å². The second-order valence-electron chi connectivity index (χ2n) is 4.51. The molecule has 0 bridgehead atoms. The van der Waals surface area contributed by atoms with E-state index in [0.29, 0.717) is 16.8 Å². The second-order valence-corrected chi connectivity index (χ2v) is 4.78. The number of benzene rings is 1. The number of nitrogens with two attached hydrogens (primary N) is 1. The Kier molecular flexibility index (Phi) is 6.65. The zero-order valence-electron chi connectivity index (χ0n) is 12.7. The van der Waals surface area contributed by atoms with Crippen molar-refractivity contribution in [3.63, 3.8) is 0 Å². The largest absolute Gasteiger partial charge is 0.449 e. The summed E-state index contributed by atoms with van der Waals surface area (Å²) in [6.07, 6.45) is -0.745. The molecule has 0 aliphatic carbocycles. The third-order valence-electron chi connectivity index (χ3n) is 2.64. The minimum Gasteiger partial charge on any atom is -0.449 e. The van der Waals surface area contributed by atoms with Crippen LogP contribution in [0.25, 0.3) is 0 Å². The van der Waals surface area contributed by atoms with Gasteiger partial charge in [-0.05, 0) is 38.0 Å². The van der Waals surface area contributed by atoms with Crippen LogP contribution in [0.5, 0.6) is 0 Å². The van der Waals surface area contributed by atoms with Gasteiger partial charge in [0.15, 0.2) is 0 Å². The molecule has 0 aliphatic heterocycles. The van der Waals surface area contributed by atoms with Gasteiger partial charge in [-0.2, -0.15) is 0 Å². The van der Waals surface area contributed by atoms with Gasteiger partial charge in [0.25, 0.3) is 5.91 Å². The van der Waals surface area contributed by atoms with Crippen LogP contribution in [0.3, 0.4) is 0 Å². The Balaban J connectivity index is 3.06. The fourth-order valence-corrected chi connectivity index (χ4v) is 1.91. The summed E-state index contributed by atoms with van der Waals surface area (Å²) < 4.78 is 4.66. The molecule has 0 aromatic heterocycles. The molecule has 7 nitrogen and oxygen atoms in total. The first-order chi connectivity index (χ1) is 10.4. The van der Waals surface area contributed by atoms with E-state index in [0.717, 1.165) is 5.56 Å². The molecule has 22 heavy (non-hydrogen) atoms. The number of carbonyl (C=O) groups is 2. The van der Waals surface area contributed by atoms with E-state index in [1.807, 2.05) is 13.0 Å². The van der Waals surface area contributed by atoms with E-state index in [9.17, 15) is 9.59 Å². The summed E-state index contributed by atoms with van der Waals surface area (Å²) in [5.74, 6) is -0.277. The Morgan fingerprint density at radius 3 is 2.59 bits per heavy atom. The summed E-state index contributed by atoms with van der Waals surface area (Å²) in [6, 6.07) is 3.54. The Labute approximate surface area is 133 Å². The first-order valence-electron chi connectivity index (χ1n) is 6.62. The van der Waals surface area contributed by atoms with Gasteiger partial charge in [-0.15, -0.1) is 11.6 Å². The molecule has 0 unspecified atom stereocenters. The second kappa shape index (κ2) is 8.23. The van der Waals surface area contributed by atoms with Gasteiger partial charge in [-0.1, -0.05) is 6.07 Å². The Hall–Kier alpha value is -2.28. The van der Waals surface area contributed by atoms with Crippen LogP contribution in [0.15, 0.2) is 17.1 Å². The molecule has 8 heteroatoms. The molecule has 0 saturated heterocycles. The van der Waals surface area contributed by atoms with Crippen molar-refractivity contribution < 1.29 is 14.3 Å². The molecule has 0 spiro atoms. The summed E-state index contributed by atoms with van der Waals surface area (Å²) in [4.78, 5) is 27.6. The third kappa shape index (κ3) is 4.92. The van der Waals surface area contributed by atoms with Gasteiger partial charge in [0, 0.05) is 0 Å². The van der Waals surface area contributed by atoms with E-state index in [1.165, 1.54) is 0 Å². The Morgan fingerprint density at radius 1 is 1.32 bits per heavy atom. The number of hydrogen-bond acceptors (Lipinski definition) is 4. The molecule has 120 valence electrons. The van der Waals surface area contributed by atoms with E-state index in [-0.39, 0.29) is 18.3 Å². The Morgan fingerprint density at radius 2 is 2.00 bits per heavy atom. The summed E-state index contributed by atoms with van der Waals surface area (Å²) >= 11 is 5.62. The number of ether oxygens (including phenoxy) is 1. The Bertz CT molecular complexity index is 602. The lowest BCUT2D eigenvalue weighted by Crippen LogP contribution is -2.42. The predicted molar refractivity (Wildman–Crippen MR) is 85.5 cm³/mol. The van der Waals surface area contributed by atoms with Crippen LogP contribution in [-0.2, 0) is 4.74 Å². The topological polar surface area (TPSA) is 106 Å². The lowest BCUT2D eigenvalue weighted by Gasteiger charge is -2.12. The number of halogens is 1. The summed E-state index contributed by atoms with van der Waals surface area (Å²) in [6.45, 7) is 5.50. The molecule has 0 heterocycles. The SMILES string of the molecule is CCOC(=O)NNC(=O)c1c(C)cc(C)cc1N=C(N)CCl. The number of aliphatic imine (C=N–C) groups is 1. The highest BCUT2D eigenvalue weighted by atomic mass is 35.5. The summed E-state index contributed by atoms with van der Waals surface area (Å²) in [5, 5.41) is 0. The van der Waals surface area contributed by atoms with Crippen LogP contribution in [0.1, 0.15) is 28.4 Å². The number of alkyl halides is 1. The van der Waals surface area contributed by atoms with E-state index >= 15 is 0 Å². The van der Waals surface area contributed by atoms with Crippen molar-refractivity contribution in [1.82, 2.24) is 10.9 Å². The normalized spacial score (nSPS) is 11.0. The number of amides is 2. The van der Waals surface area contributed by atoms with Crippen molar-refractivity contribution in [2.75, 3.05) is 12.5 Å². The van der Waals surface area contributed by atoms with Gasteiger partial charge in [0.2, 0.25) is 0 Å². The number of carbonyl (C=O) groups excluding carboxylic acids is 2. The van der Waals surface area contributed by atoms with Crippen molar-refractivity contribution in [1.29, 1.82) is 0 Å². The average Bonchev–Trinajstić information content (AvgIpc) is 2.44. The van der Waals surface area contributed by atoms with Gasteiger partial charge < -0.3 is 10.5 Å². The molecule has 0 fully saturated rings. The number of hydrazine groups is 1. The number of hydrogen-bond donors (Lipinski definition) is 3. The summed E-state index contributed by atoms with van der Waals surface area (Å²) in [5.41, 5.74) is 12.4. The number of amidine groups is 1. The zero-order valence-corrected chi connectivity index (χ0v) is 13.5. The predicted octanol–water partition coefficient (Wildman–Crippen LogP) is 1.92. The molecule has 2 amide bonds. The fraction of sp³-hybridized carbons (Fsp3) is 0.357. The minimum atomic E-state index is -0.745. The van der Waals surface area contributed by atoms with Crippen LogP contribution in [0, 0.1) is 13.8 Å².